The number of guanidine groups is 1. The van der Waals surface area contributed by atoms with Gasteiger partial charge in [-0.1, -0.05) is 26.0 Å². The molecule has 144 valence electrons. The van der Waals surface area contributed by atoms with Crippen LogP contribution < -0.4 is 15.5 Å². The molecule has 6 heteroatoms. The Hall–Kier alpha value is -2.08. The zero-order chi connectivity index (χ0) is 19.0. The summed E-state index contributed by atoms with van der Waals surface area (Å²) in [5.41, 5.74) is 1.33. The first-order valence-corrected chi connectivity index (χ1v) is 9.65. The average molecular weight is 361 g/mol. The van der Waals surface area contributed by atoms with Gasteiger partial charge in [-0.3, -0.25) is 4.79 Å². The van der Waals surface area contributed by atoms with Crippen molar-refractivity contribution in [1.29, 1.82) is 0 Å². The summed E-state index contributed by atoms with van der Waals surface area (Å²) < 4.78 is 0. The molecule has 0 bridgehead atoms. The number of benzene rings is 1. The number of aliphatic imine (C=N–C) groups is 1. The summed E-state index contributed by atoms with van der Waals surface area (Å²) >= 11 is 0. The molecule has 6 nitrogen and oxygen atoms in total. The van der Waals surface area contributed by atoms with E-state index < -0.39 is 5.60 Å². The summed E-state index contributed by atoms with van der Waals surface area (Å²) in [6.07, 6.45) is 2.98. The highest BCUT2D eigenvalue weighted by Crippen LogP contribution is 2.21. The van der Waals surface area contributed by atoms with Crippen LogP contribution in [-0.4, -0.2) is 42.2 Å². The first kappa shape index (κ1) is 20.2. The molecule has 1 heterocycles. The Morgan fingerprint density at radius 1 is 1.19 bits per heavy atom. The van der Waals surface area contributed by atoms with E-state index in [9.17, 15) is 9.90 Å². The Morgan fingerprint density at radius 2 is 1.88 bits per heavy atom. The lowest BCUT2D eigenvalue weighted by molar-refractivity contribution is -0.117. The molecule has 1 fully saturated rings. The van der Waals surface area contributed by atoms with E-state index in [1.807, 2.05) is 49.9 Å². The number of carbonyl (C=O) groups excluding carboxylic acids is 1. The monoisotopic (exact) mass is 360 g/mol. The van der Waals surface area contributed by atoms with E-state index in [4.69, 9.17) is 0 Å². The summed E-state index contributed by atoms with van der Waals surface area (Å²) in [5, 5.41) is 16.9. The molecule has 3 N–H and O–H groups in total. The zero-order valence-electron chi connectivity index (χ0n) is 16.2. The van der Waals surface area contributed by atoms with Gasteiger partial charge in [-0.15, -0.1) is 0 Å². The van der Waals surface area contributed by atoms with Crippen LogP contribution in [0.1, 0.15) is 52.0 Å². The number of hydrogen-bond donors (Lipinski definition) is 3. The summed E-state index contributed by atoms with van der Waals surface area (Å²) in [6.45, 7) is 8.58. The molecule has 0 aliphatic carbocycles. The van der Waals surface area contributed by atoms with Crippen molar-refractivity contribution < 1.29 is 9.90 Å². The molecular formula is C20H32N4O2. The van der Waals surface area contributed by atoms with Gasteiger partial charge in [0.25, 0.3) is 0 Å². The normalized spacial score (nSPS) is 15.5. The molecule has 1 amide bonds. The molecule has 1 aromatic rings. The van der Waals surface area contributed by atoms with E-state index in [-0.39, 0.29) is 5.91 Å². The number of nitrogens with zero attached hydrogens (tertiary/aromatic N) is 2. The molecule has 26 heavy (non-hydrogen) atoms. The van der Waals surface area contributed by atoms with Crippen molar-refractivity contribution >= 4 is 17.6 Å². The molecule has 0 spiro atoms. The number of rotatable bonds is 8. The maximum Gasteiger partial charge on any atom is 0.227 e. The van der Waals surface area contributed by atoms with Crippen molar-refractivity contribution in [3.63, 3.8) is 0 Å². The van der Waals surface area contributed by atoms with E-state index in [0.717, 1.165) is 30.8 Å². The van der Waals surface area contributed by atoms with Crippen LogP contribution in [0.3, 0.4) is 0 Å². The molecule has 0 saturated carbocycles. The van der Waals surface area contributed by atoms with Crippen molar-refractivity contribution in [2.45, 2.75) is 58.6 Å². The third-order valence-corrected chi connectivity index (χ3v) is 4.99. The Labute approximate surface area is 156 Å². The summed E-state index contributed by atoms with van der Waals surface area (Å²) in [7, 11) is 0. The quantitative estimate of drug-likeness (QED) is 0.491. The SMILES string of the molecule is CCNC(=NCc1ccc(N2CCCC2=O)cc1)NCC(O)(CC)CC. The number of amides is 1. The van der Waals surface area contributed by atoms with Gasteiger partial charge in [-0.25, -0.2) is 4.99 Å². The number of aliphatic hydroxyl groups is 1. The average Bonchev–Trinajstić information content (AvgIpc) is 3.10. The smallest absolute Gasteiger partial charge is 0.227 e. The Balaban J connectivity index is 1.96. The van der Waals surface area contributed by atoms with Crippen LogP contribution >= 0.6 is 0 Å². The molecule has 0 aromatic heterocycles. The second-order valence-electron chi connectivity index (χ2n) is 6.80. The third kappa shape index (κ3) is 5.46. The minimum atomic E-state index is -0.708. The fourth-order valence-electron chi connectivity index (χ4n) is 2.96. The van der Waals surface area contributed by atoms with Crippen LogP contribution in [0.5, 0.6) is 0 Å². The number of anilines is 1. The summed E-state index contributed by atoms with van der Waals surface area (Å²) in [5.74, 6) is 0.903. The van der Waals surface area contributed by atoms with Gasteiger partial charge >= 0.3 is 0 Å². The second-order valence-corrected chi connectivity index (χ2v) is 6.80. The predicted octanol–water partition coefficient (Wildman–Crippen LogP) is 2.42. The van der Waals surface area contributed by atoms with Crippen molar-refractivity contribution in [1.82, 2.24) is 10.6 Å². The summed E-state index contributed by atoms with van der Waals surface area (Å²) in [6, 6.07) is 8.01. The van der Waals surface area contributed by atoms with Gasteiger partial charge in [0, 0.05) is 31.7 Å². The van der Waals surface area contributed by atoms with E-state index >= 15 is 0 Å². The fraction of sp³-hybridized carbons (Fsp3) is 0.600. The van der Waals surface area contributed by atoms with Crippen LogP contribution in [0.15, 0.2) is 29.3 Å². The van der Waals surface area contributed by atoms with E-state index in [1.165, 1.54) is 0 Å². The lowest BCUT2D eigenvalue weighted by Gasteiger charge is -2.26. The van der Waals surface area contributed by atoms with Gasteiger partial charge in [0.2, 0.25) is 5.91 Å². The van der Waals surface area contributed by atoms with Gasteiger partial charge in [0.05, 0.1) is 12.1 Å². The molecule has 0 unspecified atom stereocenters. The highest BCUT2D eigenvalue weighted by molar-refractivity contribution is 5.95. The standard InChI is InChI=1S/C20H32N4O2/c1-4-20(26,5-2)15-23-19(21-6-3)22-14-16-9-11-17(12-10-16)24-13-7-8-18(24)25/h9-12,26H,4-8,13-15H2,1-3H3,(H2,21,22,23). The van der Waals surface area contributed by atoms with Crippen LogP contribution in [0, 0.1) is 0 Å². The summed E-state index contributed by atoms with van der Waals surface area (Å²) in [4.78, 5) is 18.3. The lowest BCUT2D eigenvalue weighted by Crippen LogP contribution is -2.46. The molecule has 0 radical (unpaired) electrons. The van der Waals surface area contributed by atoms with Gasteiger partial charge in [-0.05, 0) is 43.9 Å². The third-order valence-electron chi connectivity index (χ3n) is 4.99. The Kier molecular flexibility index (Phi) is 7.45. The minimum Gasteiger partial charge on any atom is -0.388 e. The molecule has 1 saturated heterocycles. The van der Waals surface area contributed by atoms with Crippen LogP contribution in [0.25, 0.3) is 0 Å². The van der Waals surface area contributed by atoms with Crippen LogP contribution in [-0.2, 0) is 11.3 Å². The van der Waals surface area contributed by atoms with E-state index in [0.29, 0.717) is 38.3 Å². The first-order chi connectivity index (χ1) is 12.5. The minimum absolute atomic E-state index is 0.203. The van der Waals surface area contributed by atoms with Gasteiger partial charge in [-0.2, -0.15) is 0 Å². The zero-order valence-corrected chi connectivity index (χ0v) is 16.2. The second kappa shape index (κ2) is 9.57. The van der Waals surface area contributed by atoms with Gasteiger partial charge < -0.3 is 20.6 Å². The van der Waals surface area contributed by atoms with E-state index in [2.05, 4.69) is 15.6 Å². The number of hydrogen-bond acceptors (Lipinski definition) is 3. The largest absolute Gasteiger partial charge is 0.388 e. The van der Waals surface area contributed by atoms with Gasteiger partial charge in [0.1, 0.15) is 0 Å². The molecule has 1 aliphatic heterocycles. The molecule has 1 aromatic carbocycles. The molecular weight excluding hydrogens is 328 g/mol. The van der Waals surface area contributed by atoms with Crippen molar-refractivity contribution in [3.05, 3.63) is 29.8 Å². The number of nitrogens with one attached hydrogen (secondary N) is 2. The lowest BCUT2D eigenvalue weighted by atomic mass is 9.98. The van der Waals surface area contributed by atoms with Crippen LogP contribution in [0.4, 0.5) is 5.69 Å². The van der Waals surface area contributed by atoms with Gasteiger partial charge in [0.15, 0.2) is 5.96 Å². The van der Waals surface area contributed by atoms with Crippen molar-refractivity contribution in [2.24, 2.45) is 4.99 Å². The van der Waals surface area contributed by atoms with Crippen molar-refractivity contribution in [3.8, 4) is 0 Å². The topological polar surface area (TPSA) is 77.0 Å². The highest BCUT2D eigenvalue weighted by atomic mass is 16.3. The fourth-order valence-corrected chi connectivity index (χ4v) is 2.96. The van der Waals surface area contributed by atoms with Crippen LogP contribution in [0.2, 0.25) is 0 Å². The number of carbonyl (C=O) groups is 1. The van der Waals surface area contributed by atoms with Crippen molar-refractivity contribution in [2.75, 3.05) is 24.5 Å². The molecule has 2 rings (SSSR count). The predicted molar refractivity (Wildman–Crippen MR) is 106 cm³/mol. The maximum absolute atomic E-state index is 11.8. The Morgan fingerprint density at radius 3 is 2.42 bits per heavy atom. The van der Waals surface area contributed by atoms with E-state index in [1.54, 1.807) is 0 Å². The highest BCUT2D eigenvalue weighted by Gasteiger charge is 2.22. The maximum atomic E-state index is 11.8. The first-order valence-electron chi connectivity index (χ1n) is 9.65. The molecule has 0 atom stereocenters. The molecule has 1 aliphatic rings. The Bertz CT molecular complexity index is 609.